The maximum Gasteiger partial charge on any atom is 0.196 e. The van der Waals surface area contributed by atoms with Crippen LogP contribution in [0.25, 0.3) is 11.0 Å². The molecule has 1 aliphatic rings. The highest BCUT2D eigenvalue weighted by Gasteiger charge is 2.23. The highest BCUT2D eigenvalue weighted by atomic mass is 16.3. The first-order valence-corrected chi connectivity index (χ1v) is 6.14. The fraction of sp³-hybridized carbons (Fsp3) is 0.333. The molecular weight excluding hydrogens is 226 g/mol. The smallest absolute Gasteiger partial charge is 0.196 e. The van der Waals surface area contributed by atoms with Crippen LogP contribution in [0.4, 0.5) is 0 Å². The van der Waals surface area contributed by atoms with Crippen molar-refractivity contribution in [1.29, 1.82) is 5.26 Å². The topological polar surface area (TPSA) is 54.0 Å². The lowest BCUT2D eigenvalue weighted by Crippen LogP contribution is -2.21. The monoisotopic (exact) mass is 239 g/mol. The van der Waals surface area contributed by atoms with Crippen LogP contribution in [0, 0.1) is 24.2 Å². The molecule has 90 valence electrons. The van der Waals surface area contributed by atoms with Crippen LogP contribution in [0.15, 0.2) is 27.4 Å². The van der Waals surface area contributed by atoms with Gasteiger partial charge in [-0.05, 0) is 37.5 Å². The Morgan fingerprint density at radius 3 is 3.06 bits per heavy atom. The maximum absolute atomic E-state index is 12.4. The lowest BCUT2D eigenvalue weighted by Gasteiger charge is -2.18. The minimum atomic E-state index is -0.0525. The van der Waals surface area contributed by atoms with Crippen molar-refractivity contribution in [3.63, 3.8) is 0 Å². The Bertz CT molecular complexity index is 722. The summed E-state index contributed by atoms with van der Waals surface area (Å²) in [5.41, 5.74) is 2.47. The molecule has 0 saturated heterocycles. The fourth-order valence-corrected chi connectivity index (χ4v) is 2.56. The maximum atomic E-state index is 12.4. The summed E-state index contributed by atoms with van der Waals surface area (Å²) in [5, 5.41) is 9.60. The normalized spacial score (nSPS) is 18.3. The van der Waals surface area contributed by atoms with E-state index in [0.29, 0.717) is 29.4 Å². The minimum absolute atomic E-state index is 0.0335. The van der Waals surface area contributed by atoms with Crippen LogP contribution in [-0.2, 0) is 12.8 Å². The van der Waals surface area contributed by atoms with E-state index in [1.54, 1.807) is 0 Å². The molecule has 0 N–H and O–H groups in total. The summed E-state index contributed by atoms with van der Waals surface area (Å²) >= 11 is 0. The molecule has 3 rings (SSSR count). The summed E-state index contributed by atoms with van der Waals surface area (Å²) in [7, 11) is 0. The standard InChI is InChI=1S/C15H13NO2/c1-9-2-4-11-14(6-9)18-13-5-3-10(8-16)7-12(13)15(11)17/h2,4,6,10H,3,5,7H2,1H3. The van der Waals surface area contributed by atoms with Crippen LogP contribution in [0.5, 0.6) is 0 Å². The number of hydrogen-bond donors (Lipinski definition) is 0. The molecule has 1 atom stereocenters. The van der Waals surface area contributed by atoms with Gasteiger partial charge in [0.25, 0.3) is 0 Å². The van der Waals surface area contributed by atoms with E-state index in [0.717, 1.165) is 17.7 Å². The van der Waals surface area contributed by atoms with Crippen molar-refractivity contribution < 1.29 is 4.42 Å². The Morgan fingerprint density at radius 1 is 1.44 bits per heavy atom. The van der Waals surface area contributed by atoms with Crippen molar-refractivity contribution >= 4 is 11.0 Å². The van der Waals surface area contributed by atoms with Gasteiger partial charge in [-0.3, -0.25) is 4.79 Å². The van der Waals surface area contributed by atoms with Crippen molar-refractivity contribution in [3.05, 3.63) is 45.3 Å². The second-order valence-electron chi connectivity index (χ2n) is 4.90. The van der Waals surface area contributed by atoms with E-state index in [9.17, 15) is 4.79 Å². The number of nitrogens with zero attached hydrogens (tertiary/aromatic N) is 1. The molecule has 0 fully saturated rings. The number of rotatable bonds is 0. The van der Waals surface area contributed by atoms with E-state index in [2.05, 4.69) is 6.07 Å². The molecule has 0 bridgehead atoms. The molecule has 3 nitrogen and oxygen atoms in total. The van der Waals surface area contributed by atoms with Crippen molar-refractivity contribution in [1.82, 2.24) is 0 Å². The van der Waals surface area contributed by atoms with Gasteiger partial charge in [0.05, 0.1) is 17.4 Å². The van der Waals surface area contributed by atoms with Gasteiger partial charge < -0.3 is 4.42 Å². The Morgan fingerprint density at radius 2 is 2.28 bits per heavy atom. The average molecular weight is 239 g/mol. The van der Waals surface area contributed by atoms with Gasteiger partial charge >= 0.3 is 0 Å². The van der Waals surface area contributed by atoms with E-state index < -0.39 is 0 Å². The molecule has 3 heteroatoms. The average Bonchev–Trinajstić information content (AvgIpc) is 2.38. The van der Waals surface area contributed by atoms with Crippen LogP contribution in [-0.4, -0.2) is 0 Å². The third kappa shape index (κ3) is 1.62. The number of nitriles is 1. The minimum Gasteiger partial charge on any atom is -0.461 e. The third-order valence-electron chi connectivity index (χ3n) is 3.58. The third-order valence-corrected chi connectivity index (χ3v) is 3.58. The van der Waals surface area contributed by atoms with Crippen LogP contribution >= 0.6 is 0 Å². The number of benzene rings is 1. The lowest BCUT2D eigenvalue weighted by atomic mass is 9.87. The molecule has 1 heterocycles. The molecule has 0 spiro atoms. The Labute approximate surface area is 105 Å². The summed E-state index contributed by atoms with van der Waals surface area (Å²) < 4.78 is 5.83. The van der Waals surface area contributed by atoms with E-state index in [1.807, 2.05) is 25.1 Å². The summed E-state index contributed by atoms with van der Waals surface area (Å²) in [5.74, 6) is 0.716. The first-order chi connectivity index (χ1) is 8.69. The second kappa shape index (κ2) is 3.99. The number of aryl methyl sites for hydroxylation is 2. The quantitative estimate of drug-likeness (QED) is 0.710. The second-order valence-corrected chi connectivity index (χ2v) is 4.90. The van der Waals surface area contributed by atoms with Crippen molar-refractivity contribution in [2.75, 3.05) is 0 Å². The summed E-state index contributed by atoms with van der Waals surface area (Å²) in [6.07, 6.45) is 1.99. The molecule has 18 heavy (non-hydrogen) atoms. The molecule has 1 aromatic heterocycles. The van der Waals surface area contributed by atoms with Crippen LogP contribution < -0.4 is 5.43 Å². The van der Waals surface area contributed by atoms with E-state index >= 15 is 0 Å². The van der Waals surface area contributed by atoms with Crippen LogP contribution in [0.1, 0.15) is 23.3 Å². The molecule has 0 radical (unpaired) electrons. The SMILES string of the molecule is Cc1ccc2c(=O)c3c(oc2c1)CCC(C#N)C3. The molecular formula is C15H13NO2. The predicted molar refractivity (Wildman–Crippen MR) is 68.3 cm³/mol. The molecule has 2 aromatic rings. The van der Waals surface area contributed by atoms with Crippen LogP contribution in [0.2, 0.25) is 0 Å². The molecule has 1 aromatic carbocycles. The molecule has 1 unspecified atom stereocenters. The van der Waals surface area contributed by atoms with Crippen LogP contribution in [0.3, 0.4) is 0 Å². The molecule has 0 amide bonds. The fourth-order valence-electron chi connectivity index (χ4n) is 2.56. The summed E-state index contributed by atoms with van der Waals surface area (Å²) in [6, 6.07) is 7.87. The van der Waals surface area contributed by atoms with Gasteiger partial charge in [-0.2, -0.15) is 5.26 Å². The molecule has 0 aliphatic heterocycles. The zero-order valence-corrected chi connectivity index (χ0v) is 10.2. The van der Waals surface area contributed by atoms with Gasteiger partial charge in [0.1, 0.15) is 11.3 Å². The Hall–Kier alpha value is -2.08. The van der Waals surface area contributed by atoms with Crippen molar-refractivity contribution in [2.45, 2.75) is 26.2 Å². The molecule has 1 aliphatic carbocycles. The lowest BCUT2D eigenvalue weighted by molar-refractivity contribution is 0.451. The largest absolute Gasteiger partial charge is 0.461 e. The van der Waals surface area contributed by atoms with Gasteiger partial charge in [0.15, 0.2) is 5.43 Å². The number of fused-ring (bicyclic) bond motifs is 2. The van der Waals surface area contributed by atoms with Crippen molar-refractivity contribution in [2.24, 2.45) is 5.92 Å². The first-order valence-electron chi connectivity index (χ1n) is 6.14. The Kier molecular flexibility index (Phi) is 2.45. The number of hydrogen-bond acceptors (Lipinski definition) is 3. The highest BCUT2D eigenvalue weighted by Crippen LogP contribution is 2.26. The van der Waals surface area contributed by atoms with Gasteiger partial charge in [0, 0.05) is 12.0 Å². The summed E-state index contributed by atoms with van der Waals surface area (Å²) in [6.45, 7) is 1.98. The predicted octanol–water partition coefficient (Wildman–Crippen LogP) is 2.73. The van der Waals surface area contributed by atoms with Gasteiger partial charge in [0.2, 0.25) is 0 Å². The van der Waals surface area contributed by atoms with E-state index in [1.165, 1.54) is 0 Å². The van der Waals surface area contributed by atoms with Gasteiger partial charge in [-0.15, -0.1) is 0 Å². The Balaban J connectivity index is 2.27. The molecule has 0 saturated carbocycles. The van der Waals surface area contributed by atoms with E-state index in [-0.39, 0.29) is 11.3 Å². The van der Waals surface area contributed by atoms with Gasteiger partial charge in [-0.25, -0.2) is 0 Å². The summed E-state index contributed by atoms with van der Waals surface area (Å²) in [4.78, 5) is 12.4. The first kappa shape index (κ1) is 11.0. The van der Waals surface area contributed by atoms with Gasteiger partial charge in [-0.1, -0.05) is 6.07 Å². The zero-order valence-electron chi connectivity index (χ0n) is 10.2. The zero-order chi connectivity index (χ0) is 12.7. The van der Waals surface area contributed by atoms with Crippen molar-refractivity contribution in [3.8, 4) is 6.07 Å². The highest BCUT2D eigenvalue weighted by molar-refractivity contribution is 5.78. The van der Waals surface area contributed by atoms with E-state index in [4.69, 9.17) is 9.68 Å².